The van der Waals surface area contributed by atoms with Crippen LogP contribution in [0.25, 0.3) is 0 Å². The van der Waals surface area contributed by atoms with E-state index in [2.05, 4.69) is 67.5 Å². The Labute approximate surface area is 128 Å². The van der Waals surface area contributed by atoms with Crippen molar-refractivity contribution in [3.8, 4) is 0 Å². The molecule has 112 valence electrons. The van der Waals surface area contributed by atoms with Gasteiger partial charge in [-0.3, -0.25) is 4.98 Å². The molecule has 2 nitrogen and oxygen atoms in total. The van der Waals surface area contributed by atoms with Gasteiger partial charge in [0.15, 0.2) is 0 Å². The van der Waals surface area contributed by atoms with E-state index in [0.717, 1.165) is 18.7 Å². The topological polar surface area (TPSA) is 24.9 Å². The summed E-state index contributed by atoms with van der Waals surface area (Å²) in [5, 5.41) is 3.65. The predicted octanol–water partition coefficient (Wildman–Crippen LogP) is 4.60. The van der Waals surface area contributed by atoms with Gasteiger partial charge in [0.25, 0.3) is 0 Å². The summed E-state index contributed by atoms with van der Waals surface area (Å²) in [7, 11) is 0. The quantitative estimate of drug-likeness (QED) is 0.837. The average molecular weight is 282 g/mol. The molecular weight excluding hydrogens is 256 g/mol. The summed E-state index contributed by atoms with van der Waals surface area (Å²) < 4.78 is 0. The Bertz CT molecular complexity index is 558. The van der Waals surface area contributed by atoms with Gasteiger partial charge in [0.2, 0.25) is 0 Å². The minimum Gasteiger partial charge on any atom is -0.306 e. The summed E-state index contributed by atoms with van der Waals surface area (Å²) >= 11 is 0. The maximum Gasteiger partial charge on any atom is 0.0577 e. The number of aromatic nitrogens is 1. The number of nitrogens with one attached hydrogen (secondary N) is 1. The highest BCUT2D eigenvalue weighted by Crippen LogP contribution is 2.24. The number of nitrogens with zero attached hydrogens (tertiary/aromatic N) is 1. The average Bonchev–Trinajstić information content (AvgIpc) is 2.48. The highest BCUT2D eigenvalue weighted by molar-refractivity contribution is 5.34. The SMILES string of the molecule is CCCNC(c1ccc(C(C)C)cc1)c1ccnc(C)c1. The van der Waals surface area contributed by atoms with Gasteiger partial charge in [-0.1, -0.05) is 45.0 Å². The van der Waals surface area contributed by atoms with Crippen LogP contribution in [0.3, 0.4) is 0 Å². The predicted molar refractivity (Wildman–Crippen MR) is 89.6 cm³/mol. The zero-order valence-corrected chi connectivity index (χ0v) is 13.6. The molecule has 2 aromatic rings. The molecule has 1 unspecified atom stereocenters. The van der Waals surface area contributed by atoms with Gasteiger partial charge < -0.3 is 5.32 Å². The number of hydrogen-bond donors (Lipinski definition) is 1. The van der Waals surface area contributed by atoms with Crippen molar-refractivity contribution in [2.24, 2.45) is 0 Å². The fourth-order valence-corrected chi connectivity index (χ4v) is 2.54. The molecule has 2 heteroatoms. The first-order chi connectivity index (χ1) is 10.1. The summed E-state index contributed by atoms with van der Waals surface area (Å²) in [4.78, 5) is 4.31. The number of aryl methyl sites for hydroxylation is 1. The smallest absolute Gasteiger partial charge is 0.0577 e. The van der Waals surface area contributed by atoms with E-state index in [-0.39, 0.29) is 6.04 Å². The van der Waals surface area contributed by atoms with E-state index in [9.17, 15) is 0 Å². The summed E-state index contributed by atoms with van der Waals surface area (Å²) in [6.45, 7) is 9.71. The van der Waals surface area contributed by atoms with Crippen LogP contribution in [0.5, 0.6) is 0 Å². The molecule has 0 amide bonds. The van der Waals surface area contributed by atoms with Gasteiger partial charge in [-0.05, 0) is 54.6 Å². The number of benzene rings is 1. The van der Waals surface area contributed by atoms with Crippen molar-refractivity contribution in [2.75, 3.05) is 6.54 Å². The minimum atomic E-state index is 0.243. The van der Waals surface area contributed by atoms with Crippen LogP contribution in [0.4, 0.5) is 0 Å². The molecule has 1 aromatic heterocycles. The molecule has 0 fully saturated rings. The molecule has 1 aromatic carbocycles. The van der Waals surface area contributed by atoms with Crippen LogP contribution in [0.1, 0.15) is 61.5 Å². The van der Waals surface area contributed by atoms with Crippen molar-refractivity contribution in [1.29, 1.82) is 0 Å². The van der Waals surface area contributed by atoms with E-state index in [4.69, 9.17) is 0 Å². The Morgan fingerprint density at radius 3 is 2.24 bits per heavy atom. The van der Waals surface area contributed by atoms with Gasteiger partial charge in [0.1, 0.15) is 0 Å². The lowest BCUT2D eigenvalue weighted by atomic mass is 9.95. The molecular formula is C19H26N2. The Morgan fingerprint density at radius 2 is 1.67 bits per heavy atom. The molecule has 0 saturated heterocycles. The Morgan fingerprint density at radius 1 is 1.00 bits per heavy atom. The summed E-state index contributed by atoms with van der Waals surface area (Å²) in [5.74, 6) is 0.573. The fourth-order valence-electron chi connectivity index (χ4n) is 2.54. The maximum absolute atomic E-state index is 4.31. The van der Waals surface area contributed by atoms with E-state index in [1.54, 1.807) is 0 Å². The normalized spacial score (nSPS) is 12.6. The van der Waals surface area contributed by atoms with E-state index in [1.165, 1.54) is 16.7 Å². The van der Waals surface area contributed by atoms with Crippen LogP contribution < -0.4 is 5.32 Å². The molecule has 1 atom stereocenters. The lowest BCUT2D eigenvalue weighted by Gasteiger charge is -2.20. The van der Waals surface area contributed by atoms with E-state index < -0.39 is 0 Å². The van der Waals surface area contributed by atoms with Gasteiger partial charge >= 0.3 is 0 Å². The lowest BCUT2D eigenvalue weighted by Crippen LogP contribution is -2.23. The van der Waals surface area contributed by atoms with Gasteiger partial charge in [-0.15, -0.1) is 0 Å². The van der Waals surface area contributed by atoms with Crippen molar-refractivity contribution in [3.63, 3.8) is 0 Å². The third kappa shape index (κ3) is 4.15. The van der Waals surface area contributed by atoms with E-state index in [1.807, 2.05) is 13.1 Å². The molecule has 2 rings (SSSR count). The van der Waals surface area contributed by atoms with Crippen LogP contribution in [-0.2, 0) is 0 Å². The molecule has 0 saturated carbocycles. The fraction of sp³-hybridized carbons (Fsp3) is 0.421. The molecule has 0 aliphatic carbocycles. The summed E-state index contributed by atoms with van der Waals surface area (Å²) in [6, 6.07) is 13.5. The molecule has 21 heavy (non-hydrogen) atoms. The maximum atomic E-state index is 4.31. The van der Waals surface area contributed by atoms with Crippen LogP contribution in [-0.4, -0.2) is 11.5 Å². The lowest BCUT2D eigenvalue weighted by molar-refractivity contribution is 0.597. The molecule has 0 radical (unpaired) electrons. The molecule has 0 aliphatic heterocycles. The van der Waals surface area contributed by atoms with Gasteiger partial charge in [0.05, 0.1) is 6.04 Å². The van der Waals surface area contributed by atoms with Crippen molar-refractivity contribution >= 4 is 0 Å². The molecule has 0 aliphatic rings. The minimum absolute atomic E-state index is 0.243. The van der Waals surface area contributed by atoms with Crippen LogP contribution >= 0.6 is 0 Å². The first-order valence-electron chi connectivity index (χ1n) is 7.87. The summed E-state index contributed by atoms with van der Waals surface area (Å²) in [6.07, 6.45) is 3.03. The zero-order chi connectivity index (χ0) is 15.2. The molecule has 0 bridgehead atoms. The second-order valence-corrected chi connectivity index (χ2v) is 5.94. The Kier molecular flexibility index (Phi) is 5.51. The number of rotatable bonds is 6. The third-order valence-corrected chi connectivity index (χ3v) is 3.79. The van der Waals surface area contributed by atoms with Crippen molar-refractivity contribution < 1.29 is 0 Å². The van der Waals surface area contributed by atoms with Crippen LogP contribution in [0.2, 0.25) is 0 Å². The van der Waals surface area contributed by atoms with E-state index >= 15 is 0 Å². The summed E-state index contributed by atoms with van der Waals surface area (Å²) in [5.41, 5.74) is 5.06. The van der Waals surface area contributed by atoms with Crippen LogP contribution in [0, 0.1) is 6.92 Å². The highest BCUT2D eigenvalue weighted by atomic mass is 14.9. The van der Waals surface area contributed by atoms with E-state index in [0.29, 0.717) is 5.92 Å². The van der Waals surface area contributed by atoms with Gasteiger partial charge in [-0.2, -0.15) is 0 Å². The largest absolute Gasteiger partial charge is 0.306 e. The van der Waals surface area contributed by atoms with Crippen molar-refractivity contribution in [2.45, 2.75) is 46.1 Å². The van der Waals surface area contributed by atoms with Gasteiger partial charge in [-0.25, -0.2) is 0 Å². The standard InChI is InChI=1S/C19H26N2/c1-5-11-21-19(18-10-12-20-15(4)13-18)17-8-6-16(7-9-17)14(2)3/h6-10,12-14,19,21H,5,11H2,1-4H3. The Hall–Kier alpha value is -1.67. The third-order valence-electron chi connectivity index (χ3n) is 3.79. The Balaban J connectivity index is 2.31. The number of pyridine rings is 1. The van der Waals surface area contributed by atoms with Crippen molar-refractivity contribution in [1.82, 2.24) is 10.3 Å². The molecule has 0 spiro atoms. The monoisotopic (exact) mass is 282 g/mol. The first-order valence-corrected chi connectivity index (χ1v) is 7.87. The number of hydrogen-bond acceptors (Lipinski definition) is 2. The van der Waals surface area contributed by atoms with Crippen LogP contribution in [0.15, 0.2) is 42.6 Å². The highest BCUT2D eigenvalue weighted by Gasteiger charge is 2.13. The van der Waals surface area contributed by atoms with Crippen molar-refractivity contribution in [3.05, 3.63) is 65.0 Å². The van der Waals surface area contributed by atoms with Gasteiger partial charge in [0, 0.05) is 11.9 Å². The zero-order valence-electron chi connectivity index (χ0n) is 13.6. The molecule has 1 heterocycles. The second kappa shape index (κ2) is 7.37. The second-order valence-electron chi connectivity index (χ2n) is 5.94. The first kappa shape index (κ1) is 15.7. The molecule has 1 N–H and O–H groups in total.